The number of aromatic nitrogens is 2. The summed E-state index contributed by atoms with van der Waals surface area (Å²) in [7, 11) is 1.79. The van der Waals surface area contributed by atoms with Crippen molar-refractivity contribution in [1.82, 2.24) is 24.9 Å². The maximum atomic E-state index is 13.0. The summed E-state index contributed by atoms with van der Waals surface area (Å²) < 4.78 is 0. The van der Waals surface area contributed by atoms with E-state index in [2.05, 4.69) is 15.1 Å². The second-order valence-corrected chi connectivity index (χ2v) is 6.51. The van der Waals surface area contributed by atoms with Crippen molar-refractivity contribution in [2.24, 2.45) is 0 Å². The maximum Gasteiger partial charge on any atom is 0.275 e. The van der Waals surface area contributed by atoms with Gasteiger partial charge in [0.25, 0.3) is 11.5 Å². The predicted octanol–water partition coefficient (Wildman–Crippen LogP) is -0.478. The average molecular weight is 341 g/mol. The molecular weight excluding hydrogens is 322 g/mol. The van der Waals surface area contributed by atoms with Crippen molar-refractivity contribution in [2.45, 2.75) is 6.04 Å². The van der Waals surface area contributed by atoms with Gasteiger partial charge in [0.2, 0.25) is 5.91 Å². The molecule has 2 aliphatic rings. The van der Waals surface area contributed by atoms with Crippen molar-refractivity contribution in [3.63, 3.8) is 0 Å². The first-order chi connectivity index (χ1) is 12.1. The number of hydrogen-bond acceptors (Lipinski definition) is 5. The van der Waals surface area contributed by atoms with Crippen LogP contribution in [0.4, 0.5) is 0 Å². The third-order valence-electron chi connectivity index (χ3n) is 5.06. The number of hydrogen-bond donors (Lipinski definition) is 1. The van der Waals surface area contributed by atoms with Crippen molar-refractivity contribution in [2.75, 3.05) is 39.8 Å². The number of carbonyl (C=O) groups is 2. The van der Waals surface area contributed by atoms with Gasteiger partial charge in [-0.1, -0.05) is 18.2 Å². The lowest BCUT2D eigenvalue weighted by Gasteiger charge is -2.45. The summed E-state index contributed by atoms with van der Waals surface area (Å²) in [5, 5.41) is 7.35. The van der Waals surface area contributed by atoms with Crippen molar-refractivity contribution < 1.29 is 9.59 Å². The fourth-order valence-corrected chi connectivity index (χ4v) is 3.58. The standard InChI is InChI=1S/C17H19N5O3/c1-20-6-7-21-8-9-22(10-13(21)16(20)24)17(25)14-11-4-2-3-5-12(11)15(23)19-18-14/h2-5,13H,6-10H2,1H3,(H,19,23). The molecule has 2 amide bonds. The van der Waals surface area contributed by atoms with Crippen LogP contribution in [-0.4, -0.2) is 82.5 Å². The number of nitrogens with one attached hydrogen (secondary N) is 1. The number of aromatic amines is 1. The molecule has 8 nitrogen and oxygen atoms in total. The number of benzene rings is 1. The Hall–Kier alpha value is -2.74. The van der Waals surface area contributed by atoms with Gasteiger partial charge in [0.05, 0.1) is 5.39 Å². The average Bonchev–Trinajstić information content (AvgIpc) is 2.65. The second-order valence-electron chi connectivity index (χ2n) is 6.51. The van der Waals surface area contributed by atoms with Crippen LogP contribution in [0.2, 0.25) is 0 Å². The van der Waals surface area contributed by atoms with E-state index in [1.165, 1.54) is 0 Å². The molecule has 3 heterocycles. The quantitative estimate of drug-likeness (QED) is 0.757. The number of H-pyrrole nitrogens is 1. The second kappa shape index (κ2) is 5.96. The molecule has 0 aliphatic carbocycles. The first kappa shape index (κ1) is 15.8. The van der Waals surface area contributed by atoms with Crippen LogP contribution in [0.5, 0.6) is 0 Å². The molecule has 1 unspecified atom stereocenters. The molecule has 0 radical (unpaired) electrons. The van der Waals surface area contributed by atoms with E-state index in [9.17, 15) is 14.4 Å². The minimum Gasteiger partial charge on any atom is -0.343 e. The van der Waals surface area contributed by atoms with Crippen LogP contribution in [0.1, 0.15) is 10.5 Å². The topological polar surface area (TPSA) is 89.6 Å². The van der Waals surface area contributed by atoms with Gasteiger partial charge in [-0.15, -0.1) is 0 Å². The van der Waals surface area contributed by atoms with Crippen molar-refractivity contribution in [3.8, 4) is 0 Å². The van der Waals surface area contributed by atoms with Crippen LogP contribution in [-0.2, 0) is 4.79 Å². The maximum absolute atomic E-state index is 13.0. The zero-order valence-electron chi connectivity index (χ0n) is 13.9. The molecule has 1 aromatic heterocycles. The van der Waals surface area contributed by atoms with Crippen LogP contribution in [0.3, 0.4) is 0 Å². The third-order valence-corrected chi connectivity index (χ3v) is 5.06. The molecule has 1 aromatic carbocycles. The summed E-state index contributed by atoms with van der Waals surface area (Å²) in [4.78, 5) is 42.8. The van der Waals surface area contributed by atoms with Crippen LogP contribution in [0, 0.1) is 0 Å². The molecule has 8 heteroatoms. The molecule has 1 N–H and O–H groups in total. The number of likely N-dealkylation sites (N-methyl/N-ethyl adjacent to an activating group) is 1. The molecule has 25 heavy (non-hydrogen) atoms. The van der Waals surface area contributed by atoms with E-state index >= 15 is 0 Å². The summed E-state index contributed by atoms with van der Waals surface area (Å²) >= 11 is 0. The Balaban J connectivity index is 1.65. The molecule has 130 valence electrons. The molecule has 2 saturated heterocycles. The lowest BCUT2D eigenvalue weighted by atomic mass is 10.1. The molecule has 2 aliphatic heterocycles. The minimum atomic E-state index is -0.318. The lowest BCUT2D eigenvalue weighted by Crippen LogP contribution is -2.64. The highest BCUT2D eigenvalue weighted by atomic mass is 16.2. The van der Waals surface area contributed by atoms with Crippen LogP contribution >= 0.6 is 0 Å². The van der Waals surface area contributed by atoms with Crippen molar-refractivity contribution in [1.29, 1.82) is 0 Å². The summed E-state index contributed by atoms with van der Waals surface area (Å²) in [6, 6.07) is 6.62. The zero-order chi connectivity index (χ0) is 17.6. The number of piperazine rings is 2. The highest BCUT2D eigenvalue weighted by Gasteiger charge is 2.39. The lowest BCUT2D eigenvalue weighted by molar-refractivity contribution is -0.142. The van der Waals surface area contributed by atoms with E-state index in [0.717, 1.165) is 13.1 Å². The first-order valence-electron chi connectivity index (χ1n) is 8.32. The predicted molar refractivity (Wildman–Crippen MR) is 91.3 cm³/mol. The highest BCUT2D eigenvalue weighted by Crippen LogP contribution is 2.20. The molecule has 0 bridgehead atoms. The fraction of sp³-hybridized carbons (Fsp3) is 0.412. The number of nitrogens with zero attached hydrogens (tertiary/aromatic N) is 4. The number of fused-ring (bicyclic) bond motifs is 2. The van der Waals surface area contributed by atoms with Gasteiger partial charge in [-0.2, -0.15) is 5.10 Å². The minimum absolute atomic E-state index is 0.0445. The summed E-state index contributed by atoms with van der Waals surface area (Å²) in [6.07, 6.45) is 0. The molecule has 0 saturated carbocycles. The Bertz CT molecular complexity index is 909. The van der Waals surface area contributed by atoms with E-state index in [0.29, 0.717) is 30.4 Å². The van der Waals surface area contributed by atoms with Gasteiger partial charge >= 0.3 is 0 Å². The smallest absolute Gasteiger partial charge is 0.275 e. The van der Waals surface area contributed by atoms with E-state index < -0.39 is 0 Å². The molecule has 0 spiro atoms. The van der Waals surface area contributed by atoms with Gasteiger partial charge in [0.1, 0.15) is 6.04 Å². The fourth-order valence-electron chi connectivity index (χ4n) is 3.58. The number of carbonyl (C=O) groups excluding carboxylic acids is 2. The zero-order valence-corrected chi connectivity index (χ0v) is 13.9. The molecule has 4 rings (SSSR count). The molecule has 2 fully saturated rings. The first-order valence-corrected chi connectivity index (χ1v) is 8.32. The van der Waals surface area contributed by atoms with Gasteiger partial charge in [0, 0.05) is 45.2 Å². The van der Waals surface area contributed by atoms with E-state index in [1.807, 2.05) is 0 Å². The molecule has 2 aromatic rings. The highest BCUT2D eigenvalue weighted by molar-refractivity contribution is 6.05. The normalized spacial score (nSPS) is 21.5. The number of amides is 2. The van der Waals surface area contributed by atoms with Crippen LogP contribution in [0.15, 0.2) is 29.1 Å². The van der Waals surface area contributed by atoms with Gasteiger partial charge in [-0.3, -0.25) is 19.3 Å². The van der Waals surface area contributed by atoms with E-state index in [1.54, 1.807) is 41.1 Å². The monoisotopic (exact) mass is 341 g/mol. The van der Waals surface area contributed by atoms with Crippen molar-refractivity contribution >= 4 is 22.6 Å². The largest absolute Gasteiger partial charge is 0.343 e. The molecule has 1 atom stereocenters. The SMILES string of the molecule is CN1CCN2CCN(C(=O)c3n[nH]c(=O)c4ccccc34)CC2C1=O. The van der Waals surface area contributed by atoms with E-state index in [-0.39, 0.29) is 29.1 Å². The Kier molecular flexibility index (Phi) is 3.76. The van der Waals surface area contributed by atoms with Gasteiger partial charge in [0.15, 0.2) is 5.69 Å². The Labute approximate surface area is 144 Å². The number of rotatable bonds is 1. The van der Waals surface area contributed by atoms with Crippen molar-refractivity contribution in [3.05, 3.63) is 40.3 Å². The molecular formula is C17H19N5O3. The summed E-state index contributed by atoms with van der Waals surface area (Å²) in [5.74, 6) is -0.212. The van der Waals surface area contributed by atoms with Crippen LogP contribution in [0.25, 0.3) is 10.8 Å². The van der Waals surface area contributed by atoms with Gasteiger partial charge in [-0.05, 0) is 6.07 Å². The summed E-state index contributed by atoms with van der Waals surface area (Å²) in [5.41, 5.74) is -0.0960. The Morgan fingerprint density at radius 2 is 1.84 bits per heavy atom. The van der Waals surface area contributed by atoms with Gasteiger partial charge in [-0.25, -0.2) is 5.10 Å². The Morgan fingerprint density at radius 3 is 2.64 bits per heavy atom. The van der Waals surface area contributed by atoms with E-state index in [4.69, 9.17) is 0 Å². The van der Waals surface area contributed by atoms with Crippen LogP contribution < -0.4 is 5.56 Å². The summed E-state index contributed by atoms with van der Waals surface area (Å²) in [6.45, 7) is 3.10. The van der Waals surface area contributed by atoms with Gasteiger partial charge < -0.3 is 9.80 Å². The Morgan fingerprint density at radius 1 is 1.12 bits per heavy atom. The third kappa shape index (κ3) is 2.58.